The van der Waals surface area contributed by atoms with Gasteiger partial charge in [0.2, 0.25) is 5.91 Å². The van der Waals surface area contributed by atoms with Gasteiger partial charge in [0.25, 0.3) is 0 Å². The molecule has 1 fully saturated rings. The summed E-state index contributed by atoms with van der Waals surface area (Å²) in [5, 5.41) is 3.04. The average Bonchev–Trinajstić information content (AvgIpc) is 3.05. The highest BCUT2D eigenvalue weighted by molar-refractivity contribution is 5.91. The summed E-state index contributed by atoms with van der Waals surface area (Å²) in [4.78, 5) is 35.2. The van der Waals surface area contributed by atoms with Crippen molar-refractivity contribution in [2.24, 2.45) is 0 Å². The number of benzene rings is 3. The Morgan fingerprint density at radius 2 is 1.48 bits per heavy atom. The number of nitrogens with one attached hydrogen (secondary N) is 1. The van der Waals surface area contributed by atoms with E-state index in [-0.39, 0.29) is 5.91 Å². The first-order valence-electron chi connectivity index (χ1n) is 14.7. The topological polar surface area (TPSA) is 87.1 Å². The molecule has 0 atom stereocenters. The third-order valence-electron chi connectivity index (χ3n) is 7.72. The lowest BCUT2D eigenvalue weighted by Gasteiger charge is -2.35. The van der Waals surface area contributed by atoms with Crippen LogP contribution in [0.3, 0.4) is 0 Å². The van der Waals surface area contributed by atoms with Crippen LogP contribution in [0, 0.1) is 0 Å². The molecule has 0 bridgehead atoms. The molecule has 0 unspecified atom stereocenters. The molecular weight excluding hydrogens is 522 g/mol. The number of unbranched alkanes of at least 4 members (excludes halogenated alkanes) is 2. The first-order valence-corrected chi connectivity index (χ1v) is 14.7. The number of carbonyl (C=O) groups excluding carboxylic acids is 1. The van der Waals surface area contributed by atoms with Crippen LogP contribution in [0.15, 0.2) is 97.6 Å². The summed E-state index contributed by atoms with van der Waals surface area (Å²) < 4.78 is 0. The fraction of sp³-hybridized carbons (Fsp3) is 0.265. The molecule has 5 aromatic rings. The number of rotatable bonds is 10. The number of hydrogen-bond donors (Lipinski definition) is 1. The summed E-state index contributed by atoms with van der Waals surface area (Å²) >= 11 is 0. The van der Waals surface area contributed by atoms with E-state index in [2.05, 4.69) is 66.5 Å². The number of fused-ring (bicyclic) bond motifs is 1. The van der Waals surface area contributed by atoms with Crippen LogP contribution in [-0.4, -0.2) is 52.0 Å². The van der Waals surface area contributed by atoms with E-state index in [1.165, 1.54) is 5.56 Å². The number of nitrogens with zero attached hydrogens (tertiary/aromatic N) is 6. The molecule has 1 aliphatic heterocycles. The Morgan fingerprint density at radius 3 is 2.24 bits per heavy atom. The van der Waals surface area contributed by atoms with Gasteiger partial charge in [0.05, 0.1) is 23.4 Å². The zero-order chi connectivity index (χ0) is 28.6. The van der Waals surface area contributed by atoms with Crippen LogP contribution < -0.4 is 15.1 Å². The van der Waals surface area contributed by atoms with Crippen LogP contribution in [-0.2, 0) is 11.2 Å². The quantitative estimate of drug-likeness (QED) is 0.206. The van der Waals surface area contributed by atoms with Crippen molar-refractivity contribution in [3.8, 4) is 11.1 Å². The van der Waals surface area contributed by atoms with E-state index >= 15 is 0 Å². The largest absolute Gasteiger partial charge is 0.352 e. The van der Waals surface area contributed by atoms with Crippen LogP contribution in [0.1, 0.15) is 31.2 Å². The maximum atomic E-state index is 12.5. The Morgan fingerprint density at radius 1 is 0.714 bits per heavy atom. The number of hydrogen-bond acceptors (Lipinski definition) is 7. The number of amides is 1. The molecule has 3 heterocycles. The average molecular weight is 558 g/mol. The summed E-state index contributed by atoms with van der Waals surface area (Å²) in [5.41, 5.74) is 6.05. The molecule has 8 heteroatoms. The van der Waals surface area contributed by atoms with E-state index in [9.17, 15) is 4.79 Å². The normalized spacial score (nSPS) is 13.3. The lowest BCUT2D eigenvalue weighted by atomic mass is 10.0. The van der Waals surface area contributed by atoms with Crippen LogP contribution in [0.2, 0.25) is 0 Å². The fourth-order valence-electron chi connectivity index (χ4n) is 5.36. The molecule has 1 saturated heterocycles. The van der Waals surface area contributed by atoms with Crippen LogP contribution in [0.4, 0.5) is 17.3 Å². The fourth-order valence-corrected chi connectivity index (χ4v) is 5.36. The van der Waals surface area contributed by atoms with E-state index < -0.39 is 0 Å². The Labute approximate surface area is 246 Å². The Kier molecular flexibility index (Phi) is 8.59. The van der Waals surface area contributed by atoms with Crippen molar-refractivity contribution in [2.75, 3.05) is 41.3 Å². The highest BCUT2D eigenvalue weighted by Crippen LogP contribution is 2.26. The summed E-state index contributed by atoms with van der Waals surface area (Å²) in [6, 6.07) is 24.7. The molecule has 0 saturated carbocycles. The van der Waals surface area contributed by atoms with Gasteiger partial charge in [-0.05, 0) is 60.2 Å². The van der Waals surface area contributed by atoms with Crippen LogP contribution in [0.5, 0.6) is 0 Å². The van der Waals surface area contributed by atoms with Gasteiger partial charge in [0.1, 0.15) is 11.6 Å². The molecule has 0 radical (unpaired) electrons. The predicted molar refractivity (Wildman–Crippen MR) is 169 cm³/mol. The van der Waals surface area contributed by atoms with Crippen LogP contribution >= 0.6 is 0 Å². The molecule has 1 N–H and O–H groups in total. The second-order valence-corrected chi connectivity index (χ2v) is 10.6. The van der Waals surface area contributed by atoms with E-state index in [4.69, 9.17) is 4.98 Å². The third kappa shape index (κ3) is 6.89. The zero-order valence-electron chi connectivity index (χ0n) is 23.7. The van der Waals surface area contributed by atoms with Gasteiger partial charge < -0.3 is 15.1 Å². The number of piperazine rings is 1. The second-order valence-electron chi connectivity index (χ2n) is 10.6. The van der Waals surface area contributed by atoms with Crippen molar-refractivity contribution in [1.29, 1.82) is 0 Å². The van der Waals surface area contributed by atoms with E-state index in [1.807, 2.05) is 48.8 Å². The molecule has 2 aromatic heterocycles. The summed E-state index contributed by atoms with van der Waals surface area (Å²) in [7, 11) is 0. The van der Waals surface area contributed by atoms with Gasteiger partial charge in [-0.1, -0.05) is 55.0 Å². The highest BCUT2D eigenvalue weighted by atomic mass is 16.1. The first-order chi connectivity index (χ1) is 20.7. The Bertz CT molecular complexity index is 1600. The summed E-state index contributed by atoms with van der Waals surface area (Å²) in [6.07, 6.45) is 11.7. The second kappa shape index (κ2) is 13.2. The zero-order valence-corrected chi connectivity index (χ0v) is 23.7. The number of carbonyl (C=O) groups is 1. The Hall–Kier alpha value is -4.85. The van der Waals surface area contributed by atoms with Gasteiger partial charge in [-0.2, -0.15) is 0 Å². The van der Waals surface area contributed by atoms with Gasteiger partial charge in [-0.15, -0.1) is 0 Å². The van der Waals surface area contributed by atoms with Crippen LogP contribution in [0.25, 0.3) is 22.2 Å². The van der Waals surface area contributed by atoms with Gasteiger partial charge in [0.15, 0.2) is 0 Å². The van der Waals surface area contributed by atoms with E-state index in [0.29, 0.717) is 6.42 Å². The van der Waals surface area contributed by atoms with Crippen molar-refractivity contribution < 1.29 is 4.79 Å². The maximum absolute atomic E-state index is 12.5. The molecule has 0 spiro atoms. The van der Waals surface area contributed by atoms with Gasteiger partial charge in [-0.25, -0.2) is 9.97 Å². The SMILES string of the molecule is O=C(CCCCCc1ccccc1)Nc1ccc(-c2ccc3ncc(N4CCN(c5cnccn5)CC4)nc3c2)cc1. The first kappa shape index (κ1) is 27.3. The van der Waals surface area contributed by atoms with E-state index in [1.54, 1.807) is 12.4 Å². The molecule has 42 heavy (non-hydrogen) atoms. The lowest BCUT2D eigenvalue weighted by Crippen LogP contribution is -2.47. The minimum absolute atomic E-state index is 0.0634. The molecule has 0 aliphatic carbocycles. The van der Waals surface area contributed by atoms with Crippen molar-refractivity contribution in [3.05, 3.63) is 103 Å². The maximum Gasteiger partial charge on any atom is 0.224 e. The smallest absolute Gasteiger partial charge is 0.224 e. The number of aromatic nitrogens is 4. The molecule has 1 aliphatic rings. The molecule has 3 aromatic carbocycles. The lowest BCUT2D eigenvalue weighted by molar-refractivity contribution is -0.116. The van der Waals surface area contributed by atoms with Gasteiger partial charge in [-0.3, -0.25) is 14.8 Å². The Balaban J connectivity index is 1.02. The standard InChI is InChI=1S/C34H35N7O/c42-34(10-6-2-5-9-26-7-3-1-4-8-26)38-29-14-11-27(12-15-29)28-13-16-30-31(23-28)39-33(25-37-30)41-21-19-40(20-22-41)32-24-35-17-18-36-32/h1,3-4,7-8,11-18,23-25H,2,5-6,9-10,19-22H2,(H,38,42). The molecular formula is C34H35N7O. The summed E-state index contributed by atoms with van der Waals surface area (Å²) in [6.45, 7) is 3.40. The van der Waals surface area contributed by atoms with E-state index in [0.717, 1.165) is 91.3 Å². The molecule has 8 nitrogen and oxygen atoms in total. The minimum Gasteiger partial charge on any atom is -0.352 e. The van der Waals surface area contributed by atoms with Crippen molar-refractivity contribution >= 4 is 34.3 Å². The highest BCUT2D eigenvalue weighted by Gasteiger charge is 2.20. The van der Waals surface area contributed by atoms with Crippen molar-refractivity contribution in [1.82, 2.24) is 19.9 Å². The molecule has 6 rings (SSSR count). The van der Waals surface area contributed by atoms with Gasteiger partial charge >= 0.3 is 0 Å². The number of anilines is 3. The number of aryl methyl sites for hydroxylation is 1. The monoisotopic (exact) mass is 557 g/mol. The minimum atomic E-state index is 0.0634. The summed E-state index contributed by atoms with van der Waals surface area (Å²) in [5.74, 6) is 1.86. The predicted octanol–water partition coefficient (Wildman–Crippen LogP) is 6.16. The van der Waals surface area contributed by atoms with Crippen molar-refractivity contribution in [2.45, 2.75) is 32.1 Å². The molecule has 212 valence electrons. The van der Waals surface area contributed by atoms with Gasteiger partial charge in [0, 0.05) is 50.7 Å². The van der Waals surface area contributed by atoms with Crippen molar-refractivity contribution in [3.63, 3.8) is 0 Å². The third-order valence-corrected chi connectivity index (χ3v) is 7.72. The molecule has 1 amide bonds.